The van der Waals surface area contributed by atoms with Gasteiger partial charge in [-0.1, -0.05) is 11.6 Å². The summed E-state index contributed by atoms with van der Waals surface area (Å²) in [6, 6.07) is 13.3. The van der Waals surface area contributed by atoms with Crippen molar-refractivity contribution < 1.29 is 9.59 Å². The second-order valence-electron chi connectivity index (χ2n) is 8.28. The maximum atomic E-state index is 13.0. The van der Waals surface area contributed by atoms with E-state index in [2.05, 4.69) is 0 Å². The van der Waals surface area contributed by atoms with Crippen molar-refractivity contribution in [2.24, 2.45) is 0 Å². The minimum Gasteiger partial charge on any atom is -0.339 e. The number of thiazole rings is 1. The molecule has 2 aliphatic rings. The first-order valence-electron chi connectivity index (χ1n) is 10.8. The highest BCUT2D eigenvalue weighted by molar-refractivity contribution is 7.18. The van der Waals surface area contributed by atoms with Crippen molar-refractivity contribution in [2.45, 2.75) is 38.0 Å². The summed E-state index contributed by atoms with van der Waals surface area (Å²) in [6.45, 7) is 2.22. The average molecular weight is 454 g/mol. The molecule has 3 aromatic rings. The molecule has 0 atom stereocenters. The van der Waals surface area contributed by atoms with Gasteiger partial charge in [-0.3, -0.25) is 9.59 Å². The van der Waals surface area contributed by atoms with E-state index in [0.717, 1.165) is 66.2 Å². The van der Waals surface area contributed by atoms with Crippen LogP contribution in [0.5, 0.6) is 0 Å². The van der Waals surface area contributed by atoms with Crippen LogP contribution in [0.15, 0.2) is 42.5 Å². The summed E-state index contributed by atoms with van der Waals surface area (Å²) < 4.78 is 1.16. The molecule has 5 nitrogen and oxygen atoms in total. The normalized spacial score (nSPS) is 18.0. The number of amides is 2. The third kappa shape index (κ3) is 4.19. The Morgan fingerprint density at radius 1 is 1.03 bits per heavy atom. The number of halogens is 1. The second-order valence-corrected chi connectivity index (χ2v) is 9.78. The SMILES string of the molecule is O=C(c1ccc(N2CCCCC2=O)cc1)N1CCC(c2nc3cc(Cl)ccc3s2)CC1. The van der Waals surface area contributed by atoms with Crippen molar-refractivity contribution >= 4 is 50.7 Å². The predicted molar refractivity (Wildman–Crippen MR) is 125 cm³/mol. The second kappa shape index (κ2) is 8.60. The molecule has 5 rings (SSSR count). The van der Waals surface area contributed by atoms with Gasteiger partial charge in [0.2, 0.25) is 5.91 Å². The van der Waals surface area contributed by atoms with Gasteiger partial charge in [0.1, 0.15) is 0 Å². The molecule has 2 amide bonds. The Labute approximate surface area is 190 Å². The quantitative estimate of drug-likeness (QED) is 0.527. The Morgan fingerprint density at radius 3 is 2.55 bits per heavy atom. The van der Waals surface area contributed by atoms with Crippen LogP contribution in [0.4, 0.5) is 5.69 Å². The summed E-state index contributed by atoms with van der Waals surface area (Å²) in [5, 5.41) is 1.85. The van der Waals surface area contributed by atoms with Gasteiger partial charge in [0.05, 0.1) is 15.2 Å². The van der Waals surface area contributed by atoms with Crippen molar-refractivity contribution in [1.82, 2.24) is 9.88 Å². The molecular weight excluding hydrogens is 430 g/mol. The number of aromatic nitrogens is 1. The Balaban J connectivity index is 1.22. The van der Waals surface area contributed by atoms with Gasteiger partial charge in [-0.2, -0.15) is 0 Å². The maximum Gasteiger partial charge on any atom is 0.253 e. The van der Waals surface area contributed by atoms with Gasteiger partial charge in [0, 0.05) is 48.2 Å². The third-order valence-corrected chi connectivity index (χ3v) is 7.68. The zero-order valence-corrected chi connectivity index (χ0v) is 18.8. The summed E-state index contributed by atoms with van der Waals surface area (Å²) in [6.07, 6.45) is 4.44. The monoisotopic (exact) mass is 453 g/mol. The molecule has 0 bridgehead atoms. The van der Waals surface area contributed by atoms with E-state index in [1.54, 1.807) is 11.3 Å². The summed E-state index contributed by atoms with van der Waals surface area (Å²) >= 11 is 7.82. The highest BCUT2D eigenvalue weighted by Gasteiger charge is 2.27. The molecule has 0 radical (unpaired) electrons. The summed E-state index contributed by atoms with van der Waals surface area (Å²) in [4.78, 5) is 33.7. The van der Waals surface area contributed by atoms with Gasteiger partial charge in [0.25, 0.3) is 5.91 Å². The van der Waals surface area contributed by atoms with Crippen molar-refractivity contribution in [3.8, 4) is 0 Å². The molecule has 160 valence electrons. The van der Waals surface area contributed by atoms with Crippen LogP contribution >= 0.6 is 22.9 Å². The smallest absolute Gasteiger partial charge is 0.253 e. The van der Waals surface area contributed by atoms with E-state index >= 15 is 0 Å². The number of nitrogens with zero attached hydrogens (tertiary/aromatic N) is 3. The van der Waals surface area contributed by atoms with Gasteiger partial charge in [-0.05, 0) is 68.1 Å². The molecule has 7 heteroatoms. The van der Waals surface area contributed by atoms with Crippen LogP contribution in [-0.4, -0.2) is 41.3 Å². The van der Waals surface area contributed by atoms with Crippen LogP contribution in [0, 0.1) is 0 Å². The first-order chi connectivity index (χ1) is 15.1. The number of likely N-dealkylation sites (tertiary alicyclic amines) is 1. The van der Waals surface area contributed by atoms with E-state index in [1.807, 2.05) is 52.3 Å². The fraction of sp³-hybridized carbons (Fsp3) is 0.375. The van der Waals surface area contributed by atoms with Gasteiger partial charge in [-0.25, -0.2) is 4.98 Å². The number of hydrogen-bond donors (Lipinski definition) is 0. The summed E-state index contributed by atoms with van der Waals surface area (Å²) in [5.74, 6) is 0.614. The number of carbonyl (C=O) groups is 2. The maximum absolute atomic E-state index is 13.0. The van der Waals surface area contributed by atoms with Crippen molar-refractivity contribution in [3.63, 3.8) is 0 Å². The van der Waals surface area contributed by atoms with Crippen molar-refractivity contribution in [3.05, 3.63) is 58.1 Å². The summed E-state index contributed by atoms with van der Waals surface area (Å²) in [5.41, 5.74) is 2.52. The molecule has 3 heterocycles. The molecule has 1 aromatic heterocycles. The van der Waals surface area contributed by atoms with Crippen LogP contribution in [0.1, 0.15) is 53.4 Å². The highest BCUT2D eigenvalue weighted by Crippen LogP contribution is 2.35. The van der Waals surface area contributed by atoms with Gasteiger partial charge in [0.15, 0.2) is 0 Å². The van der Waals surface area contributed by atoms with E-state index in [9.17, 15) is 9.59 Å². The molecular formula is C24H24ClN3O2S. The zero-order chi connectivity index (χ0) is 21.4. The standard InChI is InChI=1S/C24H24ClN3O2S/c25-18-6-9-21-20(15-18)26-23(31-21)16-10-13-27(14-11-16)24(30)17-4-7-19(8-5-17)28-12-2-1-3-22(28)29/h4-9,15-16H,1-3,10-14H2. The van der Waals surface area contributed by atoms with Crippen LogP contribution < -0.4 is 4.90 Å². The highest BCUT2D eigenvalue weighted by atomic mass is 35.5. The lowest BCUT2D eigenvalue weighted by atomic mass is 9.97. The molecule has 0 unspecified atom stereocenters. The van der Waals surface area contributed by atoms with E-state index in [0.29, 0.717) is 22.9 Å². The first-order valence-corrected chi connectivity index (χ1v) is 12.0. The van der Waals surface area contributed by atoms with Gasteiger partial charge >= 0.3 is 0 Å². The molecule has 2 aliphatic heterocycles. The Hall–Kier alpha value is -2.44. The molecule has 2 saturated heterocycles. The number of carbonyl (C=O) groups excluding carboxylic acids is 2. The van der Waals surface area contributed by atoms with E-state index in [-0.39, 0.29) is 11.8 Å². The van der Waals surface area contributed by atoms with E-state index in [4.69, 9.17) is 16.6 Å². The van der Waals surface area contributed by atoms with Crippen LogP contribution in [0.25, 0.3) is 10.2 Å². The van der Waals surface area contributed by atoms with Crippen LogP contribution in [0.3, 0.4) is 0 Å². The number of fused-ring (bicyclic) bond motifs is 1. The number of anilines is 1. The van der Waals surface area contributed by atoms with E-state index < -0.39 is 0 Å². The topological polar surface area (TPSA) is 53.5 Å². The number of piperidine rings is 2. The van der Waals surface area contributed by atoms with Crippen LogP contribution in [-0.2, 0) is 4.79 Å². The molecule has 0 saturated carbocycles. The summed E-state index contributed by atoms with van der Waals surface area (Å²) in [7, 11) is 0. The fourth-order valence-corrected chi connectivity index (χ4v) is 5.75. The van der Waals surface area contributed by atoms with Gasteiger partial charge in [-0.15, -0.1) is 11.3 Å². The number of rotatable bonds is 3. The predicted octanol–water partition coefficient (Wildman–Crippen LogP) is 5.49. The Bertz CT molecular complexity index is 1120. The lowest BCUT2D eigenvalue weighted by Crippen LogP contribution is -2.38. The largest absolute Gasteiger partial charge is 0.339 e. The van der Waals surface area contributed by atoms with E-state index in [1.165, 1.54) is 0 Å². The van der Waals surface area contributed by atoms with Crippen molar-refractivity contribution in [2.75, 3.05) is 24.5 Å². The zero-order valence-electron chi connectivity index (χ0n) is 17.2. The molecule has 2 aromatic carbocycles. The van der Waals surface area contributed by atoms with Gasteiger partial charge < -0.3 is 9.80 Å². The molecule has 0 aliphatic carbocycles. The molecule has 2 fully saturated rings. The molecule has 31 heavy (non-hydrogen) atoms. The average Bonchev–Trinajstić information content (AvgIpc) is 3.22. The minimum absolute atomic E-state index is 0.0612. The minimum atomic E-state index is 0.0612. The third-order valence-electron chi connectivity index (χ3n) is 6.25. The van der Waals surface area contributed by atoms with Crippen LogP contribution in [0.2, 0.25) is 5.02 Å². The Kier molecular flexibility index (Phi) is 5.67. The molecule has 0 N–H and O–H groups in total. The number of hydrogen-bond acceptors (Lipinski definition) is 4. The Morgan fingerprint density at radius 2 is 1.81 bits per heavy atom. The first kappa shape index (κ1) is 20.5. The lowest BCUT2D eigenvalue weighted by Gasteiger charge is -2.31. The lowest BCUT2D eigenvalue weighted by molar-refractivity contribution is -0.119. The number of benzene rings is 2. The van der Waals surface area contributed by atoms with Crippen molar-refractivity contribution in [1.29, 1.82) is 0 Å². The fourth-order valence-electron chi connectivity index (χ4n) is 4.47. The molecule has 0 spiro atoms.